The first-order chi connectivity index (χ1) is 16.3. The molecule has 9 heteroatoms. The predicted octanol–water partition coefficient (Wildman–Crippen LogP) is 4.83. The Morgan fingerprint density at radius 1 is 0.882 bits per heavy atom. The molecule has 172 valence electrons. The van der Waals surface area contributed by atoms with Crippen molar-refractivity contribution in [2.75, 3.05) is 5.32 Å². The molecule has 0 fully saturated rings. The number of anilines is 1. The molecule has 3 aromatic carbocycles. The summed E-state index contributed by atoms with van der Waals surface area (Å²) in [6.07, 6.45) is -4.74. The Balaban J connectivity index is 1.67. The van der Waals surface area contributed by atoms with Gasteiger partial charge in [-0.1, -0.05) is 54.6 Å². The van der Waals surface area contributed by atoms with Gasteiger partial charge in [0.05, 0.1) is 5.69 Å². The van der Waals surface area contributed by atoms with E-state index >= 15 is 0 Å². The molecule has 1 amide bonds. The second kappa shape index (κ2) is 9.32. The van der Waals surface area contributed by atoms with Crippen LogP contribution in [-0.2, 0) is 12.7 Å². The normalized spacial score (nSPS) is 11.3. The number of ketones is 1. The van der Waals surface area contributed by atoms with E-state index in [1.807, 2.05) is 0 Å². The number of nitrogens with two attached hydrogens (primary N) is 1. The highest BCUT2D eigenvalue weighted by Gasteiger charge is 2.36. The lowest BCUT2D eigenvalue weighted by atomic mass is 10.0. The zero-order valence-electron chi connectivity index (χ0n) is 17.7. The van der Waals surface area contributed by atoms with Crippen LogP contribution in [0.25, 0.3) is 5.69 Å². The third-order valence-corrected chi connectivity index (χ3v) is 5.04. The molecular formula is C25H19F3N4O2. The number of carbonyl (C=O) groups excluding carboxylic acids is 2. The molecular weight excluding hydrogens is 445 g/mol. The molecule has 3 N–H and O–H groups in total. The van der Waals surface area contributed by atoms with Gasteiger partial charge in [0.25, 0.3) is 5.91 Å². The van der Waals surface area contributed by atoms with Crippen molar-refractivity contribution < 1.29 is 22.8 Å². The van der Waals surface area contributed by atoms with Crippen LogP contribution >= 0.6 is 0 Å². The molecule has 6 nitrogen and oxygen atoms in total. The lowest BCUT2D eigenvalue weighted by Crippen LogP contribution is -2.17. The topological polar surface area (TPSA) is 90.0 Å². The minimum Gasteiger partial charge on any atom is -0.326 e. The first-order valence-corrected chi connectivity index (χ1v) is 10.2. The molecule has 0 unspecified atom stereocenters. The Morgan fingerprint density at radius 2 is 1.59 bits per heavy atom. The van der Waals surface area contributed by atoms with Crippen LogP contribution in [0.2, 0.25) is 0 Å². The zero-order valence-corrected chi connectivity index (χ0v) is 17.7. The van der Waals surface area contributed by atoms with Gasteiger partial charge >= 0.3 is 6.18 Å². The lowest BCUT2D eigenvalue weighted by Gasteiger charge is -2.10. The molecule has 1 aromatic heterocycles. The van der Waals surface area contributed by atoms with Crippen LogP contribution in [0, 0.1) is 0 Å². The number of rotatable bonds is 6. The molecule has 0 atom stereocenters. The minimum absolute atomic E-state index is 0.172. The number of nitrogens with one attached hydrogen (secondary N) is 1. The standard InChI is InChI=1S/C25H19F3N4O2/c26-25(27,28)22-14-21(32(31-22)20-11-4-6-16(12-20)15-29)24(34)30-19-10-5-9-18(13-19)23(33)17-7-2-1-3-8-17/h1-14H,15,29H2,(H,30,34). The van der Waals surface area contributed by atoms with Crippen molar-refractivity contribution in [2.45, 2.75) is 12.7 Å². The number of aromatic nitrogens is 2. The number of nitrogens with zero attached hydrogens (tertiary/aromatic N) is 2. The van der Waals surface area contributed by atoms with Crippen molar-refractivity contribution >= 4 is 17.4 Å². The van der Waals surface area contributed by atoms with Gasteiger partial charge in [-0.25, -0.2) is 4.68 Å². The lowest BCUT2D eigenvalue weighted by molar-refractivity contribution is -0.141. The number of halogens is 3. The molecule has 0 bridgehead atoms. The molecule has 4 rings (SSSR count). The summed E-state index contributed by atoms with van der Waals surface area (Å²) in [6, 6.07) is 21.9. The summed E-state index contributed by atoms with van der Waals surface area (Å²) >= 11 is 0. The number of hydrogen-bond acceptors (Lipinski definition) is 4. The smallest absolute Gasteiger partial charge is 0.326 e. The van der Waals surface area contributed by atoms with Crippen molar-refractivity contribution in [3.8, 4) is 5.69 Å². The number of carbonyl (C=O) groups is 2. The molecule has 0 aliphatic carbocycles. The quantitative estimate of drug-likeness (QED) is 0.400. The second-order valence-corrected chi connectivity index (χ2v) is 7.43. The fourth-order valence-electron chi connectivity index (χ4n) is 3.38. The van der Waals surface area contributed by atoms with Gasteiger partial charge in [-0.05, 0) is 29.8 Å². The summed E-state index contributed by atoms with van der Waals surface area (Å²) in [7, 11) is 0. The Kier molecular flexibility index (Phi) is 6.29. The molecule has 0 radical (unpaired) electrons. The first-order valence-electron chi connectivity index (χ1n) is 10.2. The van der Waals surface area contributed by atoms with Gasteiger partial charge in [-0.2, -0.15) is 18.3 Å². The fraction of sp³-hybridized carbons (Fsp3) is 0.0800. The van der Waals surface area contributed by atoms with Crippen molar-refractivity contribution in [2.24, 2.45) is 5.73 Å². The van der Waals surface area contributed by atoms with Crippen LogP contribution in [0.1, 0.15) is 37.7 Å². The van der Waals surface area contributed by atoms with Crippen LogP contribution in [0.4, 0.5) is 18.9 Å². The Hall–Kier alpha value is -4.24. The highest BCUT2D eigenvalue weighted by molar-refractivity contribution is 6.10. The van der Waals surface area contributed by atoms with Gasteiger partial charge in [-0.15, -0.1) is 0 Å². The zero-order chi connectivity index (χ0) is 24.3. The maximum atomic E-state index is 13.4. The molecule has 0 aliphatic heterocycles. The summed E-state index contributed by atoms with van der Waals surface area (Å²) in [5.41, 5.74) is 6.09. The van der Waals surface area contributed by atoms with Crippen LogP contribution in [0.5, 0.6) is 0 Å². The second-order valence-electron chi connectivity index (χ2n) is 7.43. The summed E-state index contributed by atoms with van der Waals surface area (Å²) in [5.74, 6) is -1.06. The van der Waals surface area contributed by atoms with E-state index in [9.17, 15) is 22.8 Å². The molecule has 1 heterocycles. The maximum absolute atomic E-state index is 13.4. The first kappa shape index (κ1) is 22.9. The Morgan fingerprint density at radius 3 is 2.29 bits per heavy atom. The number of amides is 1. The van der Waals surface area contributed by atoms with Crippen molar-refractivity contribution in [1.82, 2.24) is 9.78 Å². The molecule has 4 aromatic rings. The third kappa shape index (κ3) is 4.89. The van der Waals surface area contributed by atoms with Gasteiger partial charge in [0.2, 0.25) is 0 Å². The van der Waals surface area contributed by atoms with Gasteiger partial charge < -0.3 is 11.1 Å². The highest BCUT2D eigenvalue weighted by atomic mass is 19.4. The van der Waals surface area contributed by atoms with Crippen molar-refractivity contribution in [3.05, 3.63) is 113 Å². The van der Waals surface area contributed by atoms with Crippen LogP contribution < -0.4 is 11.1 Å². The van der Waals surface area contributed by atoms with E-state index in [2.05, 4.69) is 10.4 Å². The van der Waals surface area contributed by atoms with E-state index in [4.69, 9.17) is 5.73 Å². The summed E-state index contributed by atoms with van der Waals surface area (Å²) in [5, 5.41) is 6.18. The predicted molar refractivity (Wildman–Crippen MR) is 121 cm³/mol. The van der Waals surface area contributed by atoms with Crippen LogP contribution in [0.3, 0.4) is 0 Å². The average molecular weight is 464 g/mol. The van der Waals surface area contributed by atoms with E-state index in [1.54, 1.807) is 66.7 Å². The van der Waals surface area contributed by atoms with E-state index in [0.717, 1.165) is 4.68 Å². The van der Waals surface area contributed by atoms with Gasteiger partial charge in [0.1, 0.15) is 5.69 Å². The minimum atomic E-state index is -4.74. The molecule has 0 saturated carbocycles. The highest BCUT2D eigenvalue weighted by Crippen LogP contribution is 2.30. The number of hydrogen-bond donors (Lipinski definition) is 2. The number of alkyl halides is 3. The van der Waals surface area contributed by atoms with Crippen LogP contribution in [0.15, 0.2) is 84.9 Å². The van der Waals surface area contributed by atoms with E-state index < -0.39 is 17.8 Å². The largest absolute Gasteiger partial charge is 0.435 e. The third-order valence-electron chi connectivity index (χ3n) is 5.04. The molecule has 0 saturated heterocycles. The molecule has 0 aliphatic rings. The molecule has 0 spiro atoms. The van der Waals surface area contributed by atoms with E-state index in [1.165, 1.54) is 12.1 Å². The van der Waals surface area contributed by atoms with Gasteiger partial charge in [-0.3, -0.25) is 9.59 Å². The van der Waals surface area contributed by atoms with Gasteiger partial charge in [0.15, 0.2) is 11.5 Å². The maximum Gasteiger partial charge on any atom is 0.435 e. The summed E-state index contributed by atoms with van der Waals surface area (Å²) in [6.45, 7) is 0.172. The van der Waals surface area contributed by atoms with Crippen LogP contribution in [-0.4, -0.2) is 21.5 Å². The summed E-state index contributed by atoms with van der Waals surface area (Å²) in [4.78, 5) is 25.7. The monoisotopic (exact) mass is 464 g/mol. The van der Waals surface area contributed by atoms with Crippen molar-refractivity contribution in [1.29, 1.82) is 0 Å². The SMILES string of the molecule is NCc1cccc(-n2nc(C(F)(F)F)cc2C(=O)Nc2cccc(C(=O)c3ccccc3)c2)c1. The number of benzene rings is 3. The fourth-order valence-corrected chi connectivity index (χ4v) is 3.38. The van der Waals surface area contributed by atoms with Crippen molar-refractivity contribution in [3.63, 3.8) is 0 Å². The Labute approximate surface area is 192 Å². The molecule has 34 heavy (non-hydrogen) atoms. The van der Waals surface area contributed by atoms with E-state index in [0.29, 0.717) is 22.8 Å². The van der Waals surface area contributed by atoms with E-state index in [-0.39, 0.29) is 29.4 Å². The Bertz CT molecular complexity index is 1350. The summed E-state index contributed by atoms with van der Waals surface area (Å²) < 4.78 is 41.0. The van der Waals surface area contributed by atoms with Gasteiger partial charge in [0, 0.05) is 29.4 Å². The average Bonchev–Trinajstić information content (AvgIpc) is 3.31.